The summed E-state index contributed by atoms with van der Waals surface area (Å²) in [6.07, 6.45) is 2.20. The fourth-order valence-electron chi connectivity index (χ4n) is 2.18. The third-order valence-corrected chi connectivity index (χ3v) is 3.45. The Hall–Kier alpha value is -1.22. The molecule has 2 rings (SSSR count). The first-order valence-corrected chi connectivity index (χ1v) is 6.24. The summed E-state index contributed by atoms with van der Waals surface area (Å²) >= 11 is 0. The summed E-state index contributed by atoms with van der Waals surface area (Å²) in [5, 5.41) is 0. The number of rotatable bonds is 3. The Kier molecular flexibility index (Phi) is 3.89. The highest BCUT2D eigenvalue weighted by Crippen LogP contribution is 2.28. The van der Waals surface area contributed by atoms with E-state index < -0.39 is 0 Å². The molecule has 1 aliphatic heterocycles. The minimum absolute atomic E-state index is 0.615. The van der Waals surface area contributed by atoms with Crippen molar-refractivity contribution in [3.63, 3.8) is 0 Å². The molecule has 1 saturated heterocycles. The molecular formula is C14H21NO2. The third kappa shape index (κ3) is 2.91. The zero-order valence-electron chi connectivity index (χ0n) is 10.7. The molecule has 94 valence electrons. The minimum Gasteiger partial charge on any atom is -0.493 e. The van der Waals surface area contributed by atoms with Crippen molar-refractivity contribution in [1.29, 1.82) is 0 Å². The summed E-state index contributed by atoms with van der Waals surface area (Å²) < 4.78 is 11.3. The highest BCUT2D eigenvalue weighted by atomic mass is 16.5. The van der Waals surface area contributed by atoms with Crippen LogP contribution in [0.15, 0.2) is 12.1 Å². The van der Waals surface area contributed by atoms with E-state index in [1.165, 1.54) is 0 Å². The van der Waals surface area contributed by atoms with Gasteiger partial charge in [0.15, 0.2) is 0 Å². The molecule has 0 atom stereocenters. The number of aryl methyl sites for hydroxylation is 1. The van der Waals surface area contributed by atoms with Crippen molar-refractivity contribution in [2.24, 2.45) is 5.92 Å². The molecule has 1 fully saturated rings. The number of benzene rings is 1. The van der Waals surface area contributed by atoms with Crippen molar-refractivity contribution in [2.75, 3.05) is 25.6 Å². The summed E-state index contributed by atoms with van der Waals surface area (Å²) in [6, 6.07) is 3.95. The Balaban J connectivity index is 2.00. The number of anilines is 1. The van der Waals surface area contributed by atoms with Crippen LogP contribution in [-0.4, -0.2) is 19.8 Å². The first kappa shape index (κ1) is 12.2. The van der Waals surface area contributed by atoms with E-state index in [0.29, 0.717) is 5.92 Å². The largest absolute Gasteiger partial charge is 0.493 e. The van der Waals surface area contributed by atoms with Gasteiger partial charge in [-0.05, 0) is 44.2 Å². The first-order valence-electron chi connectivity index (χ1n) is 6.24. The smallest absolute Gasteiger partial charge is 0.127 e. The molecule has 0 radical (unpaired) electrons. The van der Waals surface area contributed by atoms with Crippen LogP contribution in [0, 0.1) is 19.8 Å². The minimum atomic E-state index is 0.615. The molecular weight excluding hydrogens is 214 g/mol. The quantitative estimate of drug-likeness (QED) is 0.819. The number of nitrogens with two attached hydrogens (primary N) is 1. The van der Waals surface area contributed by atoms with Crippen LogP contribution in [0.2, 0.25) is 0 Å². The van der Waals surface area contributed by atoms with Gasteiger partial charge in [-0.15, -0.1) is 0 Å². The van der Waals surface area contributed by atoms with Crippen LogP contribution in [0.3, 0.4) is 0 Å². The predicted molar refractivity (Wildman–Crippen MR) is 69.4 cm³/mol. The van der Waals surface area contributed by atoms with Crippen LogP contribution in [0.25, 0.3) is 0 Å². The van der Waals surface area contributed by atoms with Gasteiger partial charge in [-0.25, -0.2) is 0 Å². The standard InChI is InChI=1S/C14H21NO2/c1-10-3-4-13(15)11(2)14(10)17-9-12-5-7-16-8-6-12/h3-4,12H,5-9,15H2,1-2H3. The van der Waals surface area contributed by atoms with Crippen molar-refractivity contribution in [3.8, 4) is 5.75 Å². The molecule has 0 saturated carbocycles. The van der Waals surface area contributed by atoms with Gasteiger partial charge in [-0.2, -0.15) is 0 Å². The van der Waals surface area contributed by atoms with E-state index in [2.05, 4.69) is 6.92 Å². The van der Waals surface area contributed by atoms with Crippen LogP contribution >= 0.6 is 0 Å². The lowest BCUT2D eigenvalue weighted by atomic mass is 10.0. The number of hydrogen-bond donors (Lipinski definition) is 1. The maximum Gasteiger partial charge on any atom is 0.127 e. The second-order valence-electron chi connectivity index (χ2n) is 4.79. The molecule has 0 amide bonds. The SMILES string of the molecule is Cc1ccc(N)c(C)c1OCC1CCOCC1. The fraction of sp³-hybridized carbons (Fsp3) is 0.571. The number of ether oxygens (including phenoxy) is 2. The van der Waals surface area contributed by atoms with Crippen LogP contribution in [-0.2, 0) is 4.74 Å². The Labute approximate surface area is 103 Å². The normalized spacial score (nSPS) is 17.1. The molecule has 3 heteroatoms. The second kappa shape index (κ2) is 5.41. The van der Waals surface area contributed by atoms with Crippen LogP contribution in [0.5, 0.6) is 5.75 Å². The van der Waals surface area contributed by atoms with Crippen molar-refractivity contribution in [3.05, 3.63) is 23.3 Å². The molecule has 1 aromatic carbocycles. The second-order valence-corrected chi connectivity index (χ2v) is 4.79. The van der Waals surface area contributed by atoms with E-state index in [0.717, 1.165) is 55.2 Å². The molecule has 0 spiro atoms. The van der Waals surface area contributed by atoms with Gasteiger partial charge in [0.1, 0.15) is 5.75 Å². The van der Waals surface area contributed by atoms with Gasteiger partial charge < -0.3 is 15.2 Å². The Morgan fingerprint density at radius 1 is 1.29 bits per heavy atom. The predicted octanol–water partition coefficient (Wildman–Crippen LogP) is 2.69. The summed E-state index contributed by atoms with van der Waals surface area (Å²) in [7, 11) is 0. The van der Waals surface area contributed by atoms with E-state index in [-0.39, 0.29) is 0 Å². The van der Waals surface area contributed by atoms with Gasteiger partial charge in [-0.3, -0.25) is 0 Å². The Morgan fingerprint density at radius 3 is 2.71 bits per heavy atom. The van der Waals surface area contributed by atoms with Gasteiger partial charge in [0, 0.05) is 24.5 Å². The zero-order valence-corrected chi connectivity index (χ0v) is 10.7. The number of nitrogen functional groups attached to an aromatic ring is 1. The molecule has 1 heterocycles. The molecule has 2 N–H and O–H groups in total. The molecule has 3 nitrogen and oxygen atoms in total. The summed E-state index contributed by atoms with van der Waals surface area (Å²) in [5.74, 6) is 1.57. The molecule has 0 aliphatic carbocycles. The molecule has 1 aromatic rings. The topological polar surface area (TPSA) is 44.5 Å². The summed E-state index contributed by atoms with van der Waals surface area (Å²) in [6.45, 7) is 6.58. The van der Waals surface area contributed by atoms with Crippen molar-refractivity contribution in [1.82, 2.24) is 0 Å². The lowest BCUT2D eigenvalue weighted by Gasteiger charge is -2.23. The van der Waals surface area contributed by atoms with Crippen molar-refractivity contribution in [2.45, 2.75) is 26.7 Å². The Morgan fingerprint density at radius 2 is 2.00 bits per heavy atom. The Bertz CT molecular complexity index is 384. The molecule has 0 unspecified atom stereocenters. The van der Waals surface area contributed by atoms with Crippen LogP contribution < -0.4 is 10.5 Å². The van der Waals surface area contributed by atoms with Gasteiger partial charge in [0.05, 0.1) is 6.61 Å². The van der Waals surface area contributed by atoms with Gasteiger partial charge in [0.25, 0.3) is 0 Å². The number of hydrogen-bond acceptors (Lipinski definition) is 3. The maximum atomic E-state index is 5.95. The molecule has 1 aliphatic rings. The monoisotopic (exact) mass is 235 g/mol. The maximum absolute atomic E-state index is 5.95. The fourth-order valence-corrected chi connectivity index (χ4v) is 2.18. The average molecular weight is 235 g/mol. The van der Waals surface area contributed by atoms with E-state index in [1.54, 1.807) is 0 Å². The van der Waals surface area contributed by atoms with Gasteiger partial charge >= 0.3 is 0 Å². The van der Waals surface area contributed by atoms with Crippen LogP contribution in [0.1, 0.15) is 24.0 Å². The lowest BCUT2D eigenvalue weighted by Crippen LogP contribution is -2.21. The van der Waals surface area contributed by atoms with Crippen LogP contribution in [0.4, 0.5) is 5.69 Å². The zero-order chi connectivity index (χ0) is 12.3. The van der Waals surface area contributed by atoms with E-state index >= 15 is 0 Å². The van der Waals surface area contributed by atoms with E-state index in [9.17, 15) is 0 Å². The third-order valence-electron chi connectivity index (χ3n) is 3.45. The summed E-state index contributed by atoms with van der Waals surface area (Å²) in [5.41, 5.74) is 8.91. The molecule has 0 aromatic heterocycles. The molecule has 0 bridgehead atoms. The van der Waals surface area contributed by atoms with E-state index in [1.807, 2.05) is 19.1 Å². The average Bonchev–Trinajstić information content (AvgIpc) is 2.35. The molecule has 17 heavy (non-hydrogen) atoms. The lowest BCUT2D eigenvalue weighted by molar-refractivity contribution is 0.0495. The van der Waals surface area contributed by atoms with Crippen molar-refractivity contribution < 1.29 is 9.47 Å². The van der Waals surface area contributed by atoms with E-state index in [4.69, 9.17) is 15.2 Å². The van der Waals surface area contributed by atoms with Gasteiger partial charge in [0.2, 0.25) is 0 Å². The highest BCUT2D eigenvalue weighted by molar-refractivity contribution is 5.56. The van der Waals surface area contributed by atoms with Crippen molar-refractivity contribution >= 4 is 5.69 Å². The first-order chi connectivity index (χ1) is 8.18. The van der Waals surface area contributed by atoms with Gasteiger partial charge in [-0.1, -0.05) is 6.07 Å². The summed E-state index contributed by atoms with van der Waals surface area (Å²) in [4.78, 5) is 0. The highest BCUT2D eigenvalue weighted by Gasteiger charge is 2.15.